The summed E-state index contributed by atoms with van der Waals surface area (Å²) >= 11 is 0. The molecule has 0 fully saturated rings. The van der Waals surface area contributed by atoms with Crippen molar-refractivity contribution >= 4 is 35.8 Å². The number of rotatable bonds is 7. The van der Waals surface area contributed by atoms with Crippen LogP contribution in [0.5, 0.6) is 0 Å². The molecule has 0 radical (unpaired) electrons. The van der Waals surface area contributed by atoms with Gasteiger partial charge in [0, 0.05) is 38.8 Å². The van der Waals surface area contributed by atoms with Crippen molar-refractivity contribution in [2.24, 2.45) is 4.99 Å². The Morgan fingerprint density at radius 1 is 0.964 bits per heavy atom. The molecular weight excluding hydrogens is 477 g/mol. The maximum Gasteiger partial charge on any atom is 0.251 e. The Kier molecular flexibility index (Phi) is 10.4. The van der Waals surface area contributed by atoms with Crippen LogP contribution in [0.3, 0.4) is 0 Å². The number of nitrogens with zero attached hydrogens (tertiary/aromatic N) is 1. The lowest BCUT2D eigenvalue weighted by Crippen LogP contribution is -2.39. The largest absolute Gasteiger partial charge is 0.356 e. The summed E-state index contributed by atoms with van der Waals surface area (Å²) < 4.78 is 26.4. The van der Waals surface area contributed by atoms with Crippen LogP contribution in [0, 0.1) is 11.6 Å². The molecule has 0 saturated heterocycles. The van der Waals surface area contributed by atoms with E-state index in [1.807, 2.05) is 18.2 Å². The molecule has 2 aromatic rings. The SMILES string of the molecule is CN=C(NCCc1cc(F)cc(F)c1)NCCc1cccc(C(=O)NC)c1.I. The van der Waals surface area contributed by atoms with E-state index < -0.39 is 11.6 Å². The monoisotopic (exact) mass is 502 g/mol. The van der Waals surface area contributed by atoms with E-state index in [9.17, 15) is 13.6 Å². The minimum Gasteiger partial charge on any atom is -0.356 e. The maximum atomic E-state index is 13.2. The summed E-state index contributed by atoms with van der Waals surface area (Å²) in [4.78, 5) is 15.8. The van der Waals surface area contributed by atoms with Gasteiger partial charge in [-0.3, -0.25) is 9.79 Å². The minimum absolute atomic E-state index is 0. The van der Waals surface area contributed by atoms with E-state index in [4.69, 9.17) is 0 Å². The van der Waals surface area contributed by atoms with Crippen molar-refractivity contribution in [1.29, 1.82) is 0 Å². The van der Waals surface area contributed by atoms with E-state index in [1.54, 1.807) is 20.2 Å². The molecule has 0 atom stereocenters. The highest BCUT2D eigenvalue weighted by Crippen LogP contribution is 2.08. The highest BCUT2D eigenvalue weighted by atomic mass is 127. The van der Waals surface area contributed by atoms with Gasteiger partial charge in [-0.25, -0.2) is 8.78 Å². The summed E-state index contributed by atoms with van der Waals surface area (Å²) in [5.41, 5.74) is 2.25. The second-order valence-corrected chi connectivity index (χ2v) is 5.98. The lowest BCUT2D eigenvalue weighted by atomic mass is 10.1. The Morgan fingerprint density at radius 3 is 2.14 bits per heavy atom. The number of aliphatic imine (C=N–C) groups is 1. The van der Waals surface area contributed by atoms with Crippen LogP contribution in [-0.2, 0) is 12.8 Å². The smallest absolute Gasteiger partial charge is 0.251 e. The normalized spacial score (nSPS) is 10.8. The Morgan fingerprint density at radius 2 is 1.57 bits per heavy atom. The lowest BCUT2D eigenvalue weighted by Gasteiger charge is -2.12. The summed E-state index contributed by atoms with van der Waals surface area (Å²) in [6.07, 6.45) is 1.20. The predicted octanol–water partition coefficient (Wildman–Crippen LogP) is 2.89. The quantitative estimate of drug-likeness (QED) is 0.310. The van der Waals surface area contributed by atoms with Gasteiger partial charge in [-0.15, -0.1) is 24.0 Å². The zero-order chi connectivity index (χ0) is 19.6. The van der Waals surface area contributed by atoms with E-state index in [1.165, 1.54) is 12.1 Å². The highest BCUT2D eigenvalue weighted by Gasteiger charge is 2.05. The highest BCUT2D eigenvalue weighted by molar-refractivity contribution is 14.0. The summed E-state index contributed by atoms with van der Waals surface area (Å²) in [6, 6.07) is 10.9. The average molecular weight is 502 g/mol. The Balaban J connectivity index is 0.00000392. The van der Waals surface area contributed by atoms with E-state index in [-0.39, 0.29) is 29.9 Å². The number of hydrogen-bond acceptors (Lipinski definition) is 2. The molecule has 0 aromatic heterocycles. The van der Waals surface area contributed by atoms with Crippen LogP contribution < -0.4 is 16.0 Å². The van der Waals surface area contributed by atoms with Crippen LogP contribution >= 0.6 is 24.0 Å². The average Bonchev–Trinajstić information content (AvgIpc) is 2.65. The molecule has 0 aliphatic heterocycles. The zero-order valence-corrected chi connectivity index (χ0v) is 18.2. The number of carbonyl (C=O) groups is 1. The second-order valence-electron chi connectivity index (χ2n) is 5.98. The zero-order valence-electron chi connectivity index (χ0n) is 15.9. The van der Waals surface area contributed by atoms with Crippen molar-refractivity contribution in [3.63, 3.8) is 0 Å². The summed E-state index contributed by atoms with van der Waals surface area (Å²) in [6.45, 7) is 1.13. The molecule has 0 spiro atoms. The summed E-state index contributed by atoms with van der Waals surface area (Å²) in [5, 5.41) is 8.90. The predicted molar refractivity (Wildman–Crippen MR) is 118 cm³/mol. The molecule has 8 heteroatoms. The molecule has 2 aromatic carbocycles. The van der Waals surface area contributed by atoms with Gasteiger partial charge in [0.2, 0.25) is 0 Å². The number of amides is 1. The van der Waals surface area contributed by atoms with E-state index in [0.717, 1.165) is 18.1 Å². The Labute approximate surface area is 181 Å². The third-order valence-electron chi connectivity index (χ3n) is 3.97. The van der Waals surface area contributed by atoms with Crippen molar-refractivity contribution in [1.82, 2.24) is 16.0 Å². The molecule has 0 saturated carbocycles. The van der Waals surface area contributed by atoms with Crippen LogP contribution in [0.1, 0.15) is 21.5 Å². The molecule has 28 heavy (non-hydrogen) atoms. The molecule has 0 heterocycles. The van der Waals surface area contributed by atoms with Gasteiger partial charge in [0.1, 0.15) is 11.6 Å². The van der Waals surface area contributed by atoms with Gasteiger partial charge in [-0.1, -0.05) is 12.1 Å². The third-order valence-corrected chi connectivity index (χ3v) is 3.97. The number of benzene rings is 2. The van der Waals surface area contributed by atoms with Crippen LogP contribution in [-0.4, -0.2) is 39.1 Å². The fourth-order valence-corrected chi connectivity index (χ4v) is 2.64. The van der Waals surface area contributed by atoms with E-state index >= 15 is 0 Å². The number of carbonyl (C=O) groups excluding carboxylic acids is 1. The van der Waals surface area contributed by atoms with Crippen LogP contribution in [0.2, 0.25) is 0 Å². The first-order chi connectivity index (χ1) is 13.0. The van der Waals surface area contributed by atoms with Crippen molar-refractivity contribution < 1.29 is 13.6 Å². The maximum absolute atomic E-state index is 13.2. The van der Waals surface area contributed by atoms with Crippen molar-refractivity contribution in [3.05, 3.63) is 70.8 Å². The molecular formula is C20H25F2IN4O. The minimum atomic E-state index is -0.577. The fraction of sp³-hybridized carbons (Fsp3) is 0.300. The standard InChI is InChI=1S/C20H24F2N4O.HI/c1-23-19(27)16-5-3-4-14(10-16)6-8-25-20(24-2)26-9-7-15-11-17(21)13-18(22)12-15;/h3-5,10-13H,6-9H2,1-2H3,(H,23,27)(H2,24,25,26);1H. The van der Waals surface area contributed by atoms with Gasteiger partial charge < -0.3 is 16.0 Å². The number of halogens is 3. The van der Waals surface area contributed by atoms with Crippen LogP contribution in [0.15, 0.2) is 47.5 Å². The molecule has 152 valence electrons. The van der Waals surface area contributed by atoms with Gasteiger partial charge in [-0.05, 0) is 48.2 Å². The topological polar surface area (TPSA) is 65.5 Å². The third kappa shape index (κ3) is 7.79. The van der Waals surface area contributed by atoms with Crippen LogP contribution in [0.25, 0.3) is 0 Å². The first kappa shape index (κ1) is 23.8. The molecule has 0 aliphatic rings. The van der Waals surface area contributed by atoms with Gasteiger partial charge in [0.05, 0.1) is 0 Å². The molecule has 3 N–H and O–H groups in total. The van der Waals surface area contributed by atoms with Gasteiger partial charge >= 0.3 is 0 Å². The molecule has 0 aliphatic carbocycles. The fourth-order valence-electron chi connectivity index (χ4n) is 2.64. The van der Waals surface area contributed by atoms with Crippen molar-refractivity contribution in [2.45, 2.75) is 12.8 Å². The second kappa shape index (κ2) is 12.3. The van der Waals surface area contributed by atoms with Gasteiger partial charge in [0.15, 0.2) is 5.96 Å². The van der Waals surface area contributed by atoms with Crippen LogP contribution in [0.4, 0.5) is 8.78 Å². The van der Waals surface area contributed by atoms with E-state index in [2.05, 4.69) is 20.9 Å². The molecule has 0 bridgehead atoms. The van der Waals surface area contributed by atoms with E-state index in [0.29, 0.717) is 36.6 Å². The van der Waals surface area contributed by atoms with Gasteiger partial charge in [0.25, 0.3) is 5.91 Å². The number of hydrogen-bond donors (Lipinski definition) is 3. The van der Waals surface area contributed by atoms with Crippen molar-refractivity contribution in [3.8, 4) is 0 Å². The molecule has 0 unspecified atom stereocenters. The number of nitrogens with one attached hydrogen (secondary N) is 3. The molecule has 5 nitrogen and oxygen atoms in total. The first-order valence-electron chi connectivity index (χ1n) is 8.72. The lowest BCUT2D eigenvalue weighted by molar-refractivity contribution is 0.0963. The first-order valence-corrected chi connectivity index (χ1v) is 8.72. The molecule has 1 amide bonds. The summed E-state index contributed by atoms with van der Waals surface area (Å²) in [7, 11) is 3.26. The Hall–Kier alpha value is -2.23. The van der Waals surface area contributed by atoms with Crippen molar-refractivity contribution in [2.75, 3.05) is 27.2 Å². The number of guanidine groups is 1. The Bertz CT molecular complexity index is 794. The summed E-state index contributed by atoms with van der Waals surface area (Å²) in [5.74, 6) is -0.664. The van der Waals surface area contributed by atoms with Gasteiger partial charge in [-0.2, -0.15) is 0 Å². The molecule has 2 rings (SSSR count).